The molecule has 0 bridgehead atoms. The lowest BCUT2D eigenvalue weighted by Gasteiger charge is -2.31. The third-order valence-corrected chi connectivity index (χ3v) is 4.18. The van der Waals surface area contributed by atoms with Gasteiger partial charge in [0.25, 0.3) is 0 Å². The molecule has 2 rings (SSSR count). The number of nitrogens with one attached hydrogen (secondary N) is 2. The maximum atomic E-state index is 11.3. The van der Waals surface area contributed by atoms with E-state index in [1.54, 1.807) is 11.7 Å². The summed E-state index contributed by atoms with van der Waals surface area (Å²) in [5.41, 5.74) is 1.02. The predicted molar refractivity (Wildman–Crippen MR) is 85.1 cm³/mol. The van der Waals surface area contributed by atoms with Crippen LogP contribution in [-0.4, -0.2) is 28.8 Å². The summed E-state index contributed by atoms with van der Waals surface area (Å²) in [7, 11) is 1.64. The van der Waals surface area contributed by atoms with E-state index in [0.717, 1.165) is 17.5 Å². The number of nitrogens with zero attached hydrogens (tertiary/aromatic N) is 2. The van der Waals surface area contributed by atoms with Crippen LogP contribution in [0.2, 0.25) is 0 Å². The Hall–Kier alpha value is -1.52. The van der Waals surface area contributed by atoms with Gasteiger partial charge in [0.2, 0.25) is 5.91 Å². The highest BCUT2D eigenvalue weighted by Gasteiger charge is 2.22. The van der Waals surface area contributed by atoms with Crippen molar-refractivity contribution in [1.29, 1.82) is 0 Å². The molecule has 1 aromatic rings. The van der Waals surface area contributed by atoms with Crippen molar-refractivity contribution in [3.05, 3.63) is 12.4 Å². The second-order valence-electron chi connectivity index (χ2n) is 6.60. The normalized spacial score (nSPS) is 22.3. The Morgan fingerprint density at radius 2 is 2.29 bits per heavy atom. The van der Waals surface area contributed by atoms with Crippen LogP contribution in [0.5, 0.6) is 0 Å². The van der Waals surface area contributed by atoms with Crippen molar-refractivity contribution in [2.24, 2.45) is 11.8 Å². The molecule has 0 saturated heterocycles. The fourth-order valence-electron chi connectivity index (χ4n) is 3.29. The second kappa shape index (κ2) is 7.48. The van der Waals surface area contributed by atoms with Crippen LogP contribution in [-0.2, 0) is 11.3 Å². The summed E-state index contributed by atoms with van der Waals surface area (Å²) in [6.07, 6.45) is 10.2. The number of carbonyl (C=O) groups excluding carboxylic acids is 1. The van der Waals surface area contributed by atoms with Crippen molar-refractivity contribution in [2.75, 3.05) is 12.4 Å². The Morgan fingerprint density at radius 1 is 1.48 bits per heavy atom. The van der Waals surface area contributed by atoms with Crippen LogP contribution in [0.1, 0.15) is 46.0 Å². The quantitative estimate of drug-likeness (QED) is 0.847. The number of aromatic nitrogens is 2. The van der Waals surface area contributed by atoms with Crippen LogP contribution in [0.4, 0.5) is 5.69 Å². The van der Waals surface area contributed by atoms with Gasteiger partial charge in [0.05, 0.1) is 11.9 Å². The molecule has 1 heterocycles. The molecule has 1 aliphatic carbocycles. The molecule has 2 unspecified atom stereocenters. The number of likely N-dealkylation sites (N-methyl/N-ethyl adjacent to an activating group) is 1. The number of carbonyl (C=O) groups is 1. The maximum absolute atomic E-state index is 11.3. The van der Waals surface area contributed by atoms with E-state index in [4.69, 9.17) is 0 Å². The zero-order valence-corrected chi connectivity index (χ0v) is 13.4. The SMILES string of the molecule is CNC(=O)Cn1cc(NC2CCCC(CC(C)C)C2)cn1. The van der Waals surface area contributed by atoms with Crippen molar-refractivity contribution >= 4 is 11.6 Å². The molecule has 2 N–H and O–H groups in total. The average Bonchev–Trinajstić information content (AvgIpc) is 2.85. The Balaban J connectivity index is 1.85. The van der Waals surface area contributed by atoms with Gasteiger partial charge in [0.1, 0.15) is 6.54 Å². The van der Waals surface area contributed by atoms with Crippen LogP contribution in [0.25, 0.3) is 0 Å². The number of amides is 1. The molecule has 0 aliphatic heterocycles. The van der Waals surface area contributed by atoms with E-state index < -0.39 is 0 Å². The first-order valence-electron chi connectivity index (χ1n) is 8.06. The standard InChI is InChI=1S/C16H28N4O/c1-12(2)7-13-5-4-6-14(8-13)19-15-9-18-20(10-15)11-16(21)17-3/h9-10,12-14,19H,4-8,11H2,1-3H3,(H,17,21). The molecule has 1 amide bonds. The molecule has 0 radical (unpaired) electrons. The molecule has 0 aromatic carbocycles. The molecule has 5 nitrogen and oxygen atoms in total. The van der Waals surface area contributed by atoms with Crippen molar-refractivity contribution in [2.45, 2.75) is 58.5 Å². The van der Waals surface area contributed by atoms with Crippen LogP contribution >= 0.6 is 0 Å². The molecule has 5 heteroatoms. The van der Waals surface area contributed by atoms with E-state index >= 15 is 0 Å². The molecular weight excluding hydrogens is 264 g/mol. The van der Waals surface area contributed by atoms with Crippen LogP contribution in [0.3, 0.4) is 0 Å². The van der Waals surface area contributed by atoms with E-state index in [9.17, 15) is 4.79 Å². The minimum atomic E-state index is -0.0284. The maximum Gasteiger partial charge on any atom is 0.241 e. The topological polar surface area (TPSA) is 59.0 Å². The number of hydrogen-bond donors (Lipinski definition) is 2. The summed E-state index contributed by atoms with van der Waals surface area (Å²) in [6.45, 7) is 4.89. The van der Waals surface area contributed by atoms with E-state index in [0.29, 0.717) is 6.04 Å². The van der Waals surface area contributed by atoms with Crippen molar-refractivity contribution in [3.63, 3.8) is 0 Å². The molecule has 118 valence electrons. The van der Waals surface area contributed by atoms with Gasteiger partial charge in [-0.15, -0.1) is 0 Å². The van der Waals surface area contributed by atoms with E-state index in [1.165, 1.54) is 32.1 Å². The third kappa shape index (κ3) is 5.06. The van der Waals surface area contributed by atoms with E-state index in [1.807, 2.05) is 12.4 Å². The zero-order chi connectivity index (χ0) is 15.2. The van der Waals surface area contributed by atoms with Crippen molar-refractivity contribution in [3.8, 4) is 0 Å². The summed E-state index contributed by atoms with van der Waals surface area (Å²) < 4.78 is 1.68. The Bertz CT molecular complexity index is 455. The highest BCUT2D eigenvalue weighted by atomic mass is 16.1. The van der Waals surface area contributed by atoms with Gasteiger partial charge in [-0.2, -0.15) is 5.10 Å². The number of hydrogen-bond acceptors (Lipinski definition) is 3. The summed E-state index contributed by atoms with van der Waals surface area (Å²) in [6, 6.07) is 0.542. The summed E-state index contributed by atoms with van der Waals surface area (Å²) >= 11 is 0. The predicted octanol–water partition coefficient (Wildman–Crippen LogP) is 2.65. The van der Waals surface area contributed by atoms with Crippen LogP contribution in [0, 0.1) is 11.8 Å². The molecular formula is C16H28N4O. The molecule has 0 spiro atoms. The molecule has 21 heavy (non-hydrogen) atoms. The zero-order valence-electron chi connectivity index (χ0n) is 13.4. The summed E-state index contributed by atoms with van der Waals surface area (Å²) in [5.74, 6) is 1.60. The first kappa shape index (κ1) is 15.9. The van der Waals surface area contributed by atoms with Gasteiger partial charge in [-0.1, -0.05) is 26.7 Å². The largest absolute Gasteiger partial charge is 0.380 e. The third-order valence-electron chi connectivity index (χ3n) is 4.18. The molecule has 1 fully saturated rings. The summed E-state index contributed by atoms with van der Waals surface area (Å²) in [5, 5.41) is 10.4. The molecule has 1 aliphatic rings. The highest BCUT2D eigenvalue weighted by molar-refractivity contribution is 5.75. The average molecular weight is 292 g/mol. The van der Waals surface area contributed by atoms with Gasteiger partial charge in [0.15, 0.2) is 0 Å². The van der Waals surface area contributed by atoms with Gasteiger partial charge in [-0.25, -0.2) is 0 Å². The van der Waals surface area contributed by atoms with Gasteiger partial charge in [0, 0.05) is 19.3 Å². The second-order valence-corrected chi connectivity index (χ2v) is 6.60. The minimum Gasteiger partial charge on any atom is -0.380 e. The lowest BCUT2D eigenvalue weighted by molar-refractivity contribution is -0.121. The molecule has 2 atom stereocenters. The van der Waals surface area contributed by atoms with E-state index in [-0.39, 0.29) is 12.5 Å². The first-order chi connectivity index (χ1) is 10.1. The van der Waals surface area contributed by atoms with Crippen molar-refractivity contribution in [1.82, 2.24) is 15.1 Å². The fourth-order valence-corrected chi connectivity index (χ4v) is 3.29. The number of rotatable bonds is 6. The smallest absolute Gasteiger partial charge is 0.241 e. The Morgan fingerprint density at radius 3 is 3.00 bits per heavy atom. The molecule has 1 aromatic heterocycles. The molecule has 1 saturated carbocycles. The lowest BCUT2D eigenvalue weighted by atomic mass is 9.81. The van der Waals surface area contributed by atoms with Crippen LogP contribution in [0.15, 0.2) is 12.4 Å². The first-order valence-corrected chi connectivity index (χ1v) is 8.06. The van der Waals surface area contributed by atoms with Gasteiger partial charge >= 0.3 is 0 Å². The van der Waals surface area contributed by atoms with E-state index in [2.05, 4.69) is 29.6 Å². The summed E-state index contributed by atoms with van der Waals surface area (Å²) in [4.78, 5) is 11.3. The van der Waals surface area contributed by atoms with Gasteiger partial charge < -0.3 is 10.6 Å². The minimum absolute atomic E-state index is 0.0284. The van der Waals surface area contributed by atoms with Crippen LogP contribution < -0.4 is 10.6 Å². The van der Waals surface area contributed by atoms with Crippen molar-refractivity contribution < 1.29 is 4.79 Å². The monoisotopic (exact) mass is 292 g/mol. The van der Waals surface area contributed by atoms with Gasteiger partial charge in [-0.3, -0.25) is 9.48 Å². The fraction of sp³-hybridized carbons (Fsp3) is 0.750. The number of anilines is 1. The van der Waals surface area contributed by atoms with Gasteiger partial charge in [-0.05, 0) is 31.1 Å². The highest BCUT2D eigenvalue weighted by Crippen LogP contribution is 2.30. The Labute approximate surface area is 127 Å². The lowest BCUT2D eigenvalue weighted by Crippen LogP contribution is -2.27. The Kier molecular flexibility index (Phi) is 5.65.